The molecule has 116 valence electrons. The summed E-state index contributed by atoms with van der Waals surface area (Å²) in [7, 11) is -8.36. The molecule has 0 N–H and O–H groups in total. The Morgan fingerprint density at radius 3 is 1.23 bits per heavy atom. The highest BCUT2D eigenvalue weighted by molar-refractivity contribution is 7.87. The molecular formula is C12H10N2O6S2. The summed E-state index contributed by atoms with van der Waals surface area (Å²) in [6.45, 7) is 0. The van der Waals surface area contributed by atoms with Crippen LogP contribution in [0.2, 0.25) is 0 Å². The van der Waals surface area contributed by atoms with E-state index >= 15 is 0 Å². The van der Waals surface area contributed by atoms with Crippen molar-refractivity contribution in [3.05, 3.63) is 60.7 Å². The summed E-state index contributed by atoms with van der Waals surface area (Å²) >= 11 is 0. The van der Waals surface area contributed by atoms with Gasteiger partial charge in [-0.15, -0.1) is 0 Å². The van der Waals surface area contributed by atoms with E-state index in [2.05, 4.69) is 19.1 Å². The molecule has 0 atom stereocenters. The van der Waals surface area contributed by atoms with Crippen LogP contribution >= 0.6 is 0 Å². The fraction of sp³-hybridized carbons (Fsp3) is 0. The van der Waals surface area contributed by atoms with Crippen molar-refractivity contribution < 1.29 is 25.4 Å². The predicted molar refractivity (Wildman–Crippen MR) is 74.3 cm³/mol. The Kier molecular flexibility index (Phi) is 4.73. The maximum Gasteiger partial charge on any atom is 0.360 e. The van der Waals surface area contributed by atoms with Crippen molar-refractivity contribution in [1.29, 1.82) is 0 Å². The van der Waals surface area contributed by atoms with E-state index in [1.54, 1.807) is 12.1 Å². The first-order valence-corrected chi connectivity index (χ1v) is 8.61. The number of rotatable bonds is 6. The number of nitrogens with zero attached hydrogens (tertiary/aromatic N) is 2. The van der Waals surface area contributed by atoms with Gasteiger partial charge in [0.25, 0.3) is 0 Å². The minimum absolute atomic E-state index is 0.153. The zero-order valence-electron chi connectivity index (χ0n) is 10.9. The average molecular weight is 342 g/mol. The number of benzene rings is 2. The molecule has 0 fully saturated rings. The van der Waals surface area contributed by atoms with Crippen LogP contribution in [-0.4, -0.2) is 16.8 Å². The van der Waals surface area contributed by atoms with Gasteiger partial charge in [-0.1, -0.05) is 36.4 Å². The van der Waals surface area contributed by atoms with Gasteiger partial charge in [-0.2, -0.15) is 16.8 Å². The molecule has 2 rings (SSSR count). The molecule has 8 nitrogen and oxygen atoms in total. The van der Waals surface area contributed by atoms with Crippen molar-refractivity contribution >= 4 is 20.2 Å². The minimum atomic E-state index is -4.18. The van der Waals surface area contributed by atoms with Crippen molar-refractivity contribution in [1.82, 2.24) is 0 Å². The first kappa shape index (κ1) is 15.9. The lowest BCUT2D eigenvalue weighted by molar-refractivity contribution is 0.216. The van der Waals surface area contributed by atoms with E-state index in [0.29, 0.717) is 0 Å². The van der Waals surface area contributed by atoms with E-state index in [-0.39, 0.29) is 9.79 Å². The average Bonchev–Trinajstić information content (AvgIpc) is 2.53. The van der Waals surface area contributed by atoms with Gasteiger partial charge in [0.1, 0.15) is 9.79 Å². The summed E-state index contributed by atoms with van der Waals surface area (Å²) in [5.41, 5.74) is 0. The van der Waals surface area contributed by atoms with Gasteiger partial charge in [0.2, 0.25) is 0 Å². The summed E-state index contributed by atoms with van der Waals surface area (Å²) in [5, 5.41) is 5.53. The van der Waals surface area contributed by atoms with E-state index in [4.69, 9.17) is 0 Å². The predicted octanol–water partition coefficient (Wildman–Crippen LogP) is 2.08. The van der Waals surface area contributed by atoms with Gasteiger partial charge < -0.3 is 0 Å². The van der Waals surface area contributed by atoms with Crippen LogP contribution in [0.4, 0.5) is 0 Å². The molecule has 0 heterocycles. The molecule has 22 heavy (non-hydrogen) atoms. The Morgan fingerprint density at radius 1 is 0.591 bits per heavy atom. The third kappa shape index (κ3) is 4.02. The van der Waals surface area contributed by atoms with Crippen molar-refractivity contribution in [3.8, 4) is 0 Å². The zero-order chi connectivity index (χ0) is 16.1. The second kappa shape index (κ2) is 6.54. The molecule has 0 saturated heterocycles. The standard InChI is InChI=1S/C12H10N2O6S2/c15-21(16,11-7-3-1-4-8-11)19-13-14-20-22(17,18)12-9-5-2-6-10-12/h1-10H/b14-13+. The summed E-state index contributed by atoms with van der Waals surface area (Å²) in [5.74, 6) is 0. The van der Waals surface area contributed by atoms with E-state index in [0.717, 1.165) is 0 Å². The maximum atomic E-state index is 11.6. The molecule has 0 spiro atoms. The zero-order valence-corrected chi connectivity index (χ0v) is 12.6. The SMILES string of the molecule is O=S(=O)(O/N=N/OS(=O)(=O)c1ccccc1)c1ccccc1. The van der Waals surface area contributed by atoms with Crippen LogP contribution in [0.15, 0.2) is 81.0 Å². The summed E-state index contributed by atoms with van der Waals surface area (Å²) in [6, 6.07) is 14.3. The fourth-order valence-electron chi connectivity index (χ4n) is 1.38. The van der Waals surface area contributed by atoms with Crippen LogP contribution in [0.3, 0.4) is 0 Å². The highest BCUT2D eigenvalue weighted by atomic mass is 32.2. The summed E-state index contributed by atoms with van der Waals surface area (Å²) < 4.78 is 55.0. The van der Waals surface area contributed by atoms with Crippen LogP contribution < -0.4 is 0 Å². The Hall–Kier alpha value is -2.46. The van der Waals surface area contributed by atoms with Crippen LogP contribution in [0.25, 0.3) is 0 Å². The molecule has 0 radical (unpaired) electrons. The van der Waals surface area contributed by atoms with E-state index in [1.807, 2.05) is 0 Å². The smallest absolute Gasteiger partial charge is 0.242 e. The summed E-state index contributed by atoms with van der Waals surface area (Å²) in [6.07, 6.45) is 0. The quantitative estimate of drug-likeness (QED) is 0.587. The molecule has 2 aromatic rings. The van der Waals surface area contributed by atoms with Gasteiger partial charge in [0, 0.05) is 0 Å². The second-order valence-corrected chi connectivity index (χ2v) is 6.90. The Balaban J connectivity index is 2.02. The molecule has 2 aromatic carbocycles. The van der Waals surface area contributed by atoms with Gasteiger partial charge in [0.15, 0.2) is 0 Å². The molecule has 0 aliphatic heterocycles. The van der Waals surface area contributed by atoms with Gasteiger partial charge in [0.05, 0.1) is 10.6 Å². The van der Waals surface area contributed by atoms with Crippen LogP contribution in [-0.2, 0) is 28.8 Å². The monoisotopic (exact) mass is 342 g/mol. The molecule has 0 bridgehead atoms. The third-order valence-corrected chi connectivity index (χ3v) is 4.58. The maximum absolute atomic E-state index is 11.6. The van der Waals surface area contributed by atoms with Crippen LogP contribution in [0.1, 0.15) is 0 Å². The van der Waals surface area contributed by atoms with E-state index in [1.165, 1.54) is 48.5 Å². The van der Waals surface area contributed by atoms with E-state index in [9.17, 15) is 16.8 Å². The molecule has 0 aromatic heterocycles. The molecule has 0 unspecified atom stereocenters. The van der Waals surface area contributed by atoms with Crippen molar-refractivity contribution in [3.63, 3.8) is 0 Å². The lowest BCUT2D eigenvalue weighted by Gasteiger charge is -2.00. The Labute approximate surface area is 127 Å². The van der Waals surface area contributed by atoms with Gasteiger partial charge in [-0.05, 0) is 24.3 Å². The first-order chi connectivity index (χ1) is 10.4. The molecule has 10 heteroatoms. The number of hydrogen-bond donors (Lipinski definition) is 0. The largest absolute Gasteiger partial charge is 0.360 e. The van der Waals surface area contributed by atoms with Gasteiger partial charge in [-0.25, -0.2) is 8.57 Å². The molecule has 0 aliphatic rings. The van der Waals surface area contributed by atoms with Crippen molar-refractivity contribution in [2.45, 2.75) is 9.79 Å². The molecule has 0 amide bonds. The fourth-order valence-corrected chi connectivity index (χ4v) is 2.76. The Bertz CT molecular complexity index is 776. The molecular weight excluding hydrogens is 332 g/mol. The van der Waals surface area contributed by atoms with Crippen LogP contribution in [0, 0.1) is 0 Å². The van der Waals surface area contributed by atoms with Gasteiger partial charge in [-0.3, -0.25) is 0 Å². The second-order valence-electron chi connectivity index (χ2n) is 3.85. The highest BCUT2D eigenvalue weighted by Gasteiger charge is 2.17. The first-order valence-electron chi connectivity index (χ1n) is 5.79. The van der Waals surface area contributed by atoms with E-state index < -0.39 is 20.2 Å². The van der Waals surface area contributed by atoms with Crippen molar-refractivity contribution in [2.75, 3.05) is 0 Å². The third-order valence-electron chi connectivity index (χ3n) is 2.36. The molecule has 0 aliphatic carbocycles. The topological polar surface area (TPSA) is 111 Å². The summed E-state index contributed by atoms with van der Waals surface area (Å²) in [4.78, 5) is -0.306. The van der Waals surface area contributed by atoms with Crippen LogP contribution in [0.5, 0.6) is 0 Å². The van der Waals surface area contributed by atoms with Gasteiger partial charge >= 0.3 is 20.2 Å². The normalized spacial score (nSPS) is 12.2. The minimum Gasteiger partial charge on any atom is -0.242 e. The lowest BCUT2D eigenvalue weighted by atomic mass is 10.4. The Morgan fingerprint density at radius 2 is 0.909 bits per heavy atom. The lowest BCUT2D eigenvalue weighted by Crippen LogP contribution is -2.03. The van der Waals surface area contributed by atoms with Crippen molar-refractivity contribution in [2.24, 2.45) is 10.6 Å². The highest BCUT2D eigenvalue weighted by Crippen LogP contribution is 2.14. The molecule has 0 saturated carbocycles. The number of hydrogen-bond acceptors (Lipinski definition) is 8.